The Bertz CT molecular complexity index is 699. The molecule has 4 nitrogen and oxygen atoms in total. The van der Waals surface area contributed by atoms with Crippen LogP contribution in [0.5, 0.6) is 0 Å². The van der Waals surface area contributed by atoms with Crippen LogP contribution in [0.1, 0.15) is 34.6 Å². The minimum absolute atomic E-state index is 0.0342. The van der Waals surface area contributed by atoms with Gasteiger partial charge in [-0.15, -0.1) is 0 Å². The largest absolute Gasteiger partial charge is 0.350 e. The van der Waals surface area contributed by atoms with Gasteiger partial charge < -0.3 is 10.6 Å². The second-order valence-corrected chi connectivity index (χ2v) is 6.38. The first-order valence-electron chi connectivity index (χ1n) is 6.94. The van der Waals surface area contributed by atoms with Crippen molar-refractivity contribution in [3.63, 3.8) is 0 Å². The van der Waals surface area contributed by atoms with E-state index in [1.54, 1.807) is 36.4 Å². The number of benzene rings is 2. The van der Waals surface area contributed by atoms with Gasteiger partial charge >= 0.3 is 0 Å². The van der Waals surface area contributed by atoms with E-state index in [2.05, 4.69) is 33.2 Å². The average Bonchev–Trinajstić information content (AvgIpc) is 2.47. The predicted molar refractivity (Wildman–Crippen MR) is 96.2 cm³/mol. The molecule has 22 heavy (non-hydrogen) atoms. The molecule has 0 radical (unpaired) electrons. The van der Waals surface area contributed by atoms with Gasteiger partial charge in [-0.05, 0) is 66.8 Å². The van der Waals surface area contributed by atoms with Crippen LogP contribution in [0.3, 0.4) is 0 Å². The van der Waals surface area contributed by atoms with E-state index >= 15 is 0 Å². The zero-order valence-corrected chi connectivity index (χ0v) is 14.5. The summed E-state index contributed by atoms with van der Waals surface area (Å²) in [5.74, 6) is -0.433. The molecule has 0 aliphatic heterocycles. The van der Waals surface area contributed by atoms with Crippen molar-refractivity contribution >= 4 is 40.1 Å². The Labute approximate surface area is 143 Å². The van der Waals surface area contributed by atoms with Crippen molar-refractivity contribution in [1.29, 1.82) is 0 Å². The van der Waals surface area contributed by atoms with Crippen LogP contribution in [0, 0.1) is 3.57 Å². The molecule has 0 saturated carbocycles. The van der Waals surface area contributed by atoms with Gasteiger partial charge in [-0.25, -0.2) is 0 Å². The quantitative estimate of drug-likeness (QED) is 0.759. The molecule has 2 aromatic carbocycles. The Hall–Kier alpha value is -1.89. The molecule has 0 aliphatic carbocycles. The lowest BCUT2D eigenvalue weighted by Crippen LogP contribution is -2.31. The molecular formula is C17H17IN2O2. The Morgan fingerprint density at radius 2 is 1.73 bits per heavy atom. The number of rotatable bonds is 4. The maximum absolute atomic E-state index is 12.3. The third-order valence-electron chi connectivity index (χ3n) is 2.93. The Morgan fingerprint density at radius 1 is 1.00 bits per heavy atom. The molecule has 0 bridgehead atoms. The molecule has 2 aromatic rings. The van der Waals surface area contributed by atoms with Gasteiger partial charge in [-0.1, -0.05) is 18.2 Å². The number of para-hydroxylation sites is 1. The van der Waals surface area contributed by atoms with Crippen molar-refractivity contribution in [2.24, 2.45) is 0 Å². The second kappa shape index (κ2) is 7.40. The van der Waals surface area contributed by atoms with Gasteiger partial charge in [0, 0.05) is 15.2 Å². The van der Waals surface area contributed by atoms with Crippen molar-refractivity contribution in [1.82, 2.24) is 5.32 Å². The van der Waals surface area contributed by atoms with Gasteiger partial charge in [0.05, 0.1) is 11.3 Å². The molecule has 0 atom stereocenters. The molecule has 2 N–H and O–H groups in total. The summed E-state index contributed by atoms with van der Waals surface area (Å²) in [7, 11) is 0. The number of hydrogen-bond acceptors (Lipinski definition) is 2. The molecular weight excluding hydrogens is 391 g/mol. The normalized spacial score (nSPS) is 10.4. The highest BCUT2D eigenvalue weighted by Gasteiger charge is 2.14. The maximum Gasteiger partial charge on any atom is 0.255 e. The fourth-order valence-electron chi connectivity index (χ4n) is 1.95. The summed E-state index contributed by atoms with van der Waals surface area (Å²) >= 11 is 2.16. The average molecular weight is 408 g/mol. The summed E-state index contributed by atoms with van der Waals surface area (Å²) in [5, 5.41) is 5.64. The lowest BCUT2D eigenvalue weighted by molar-refractivity contribution is 0.0944. The summed E-state index contributed by atoms with van der Waals surface area (Å²) in [6, 6.07) is 14.3. The van der Waals surface area contributed by atoms with Gasteiger partial charge in [0.15, 0.2) is 0 Å². The zero-order chi connectivity index (χ0) is 16.1. The van der Waals surface area contributed by atoms with Crippen molar-refractivity contribution < 1.29 is 9.59 Å². The van der Waals surface area contributed by atoms with Crippen LogP contribution in [0.4, 0.5) is 5.69 Å². The SMILES string of the molecule is CC(C)NC(=O)c1ccccc1NC(=O)c1cccc(I)c1. The van der Waals surface area contributed by atoms with Gasteiger partial charge in [0.25, 0.3) is 11.8 Å². The molecule has 0 aromatic heterocycles. The number of carbonyl (C=O) groups is 2. The van der Waals surface area contributed by atoms with Crippen LogP contribution >= 0.6 is 22.6 Å². The van der Waals surface area contributed by atoms with E-state index in [0.29, 0.717) is 16.8 Å². The minimum atomic E-state index is -0.233. The highest BCUT2D eigenvalue weighted by atomic mass is 127. The van der Waals surface area contributed by atoms with E-state index in [1.165, 1.54) is 0 Å². The number of halogens is 1. The Morgan fingerprint density at radius 3 is 2.41 bits per heavy atom. The third-order valence-corrected chi connectivity index (χ3v) is 3.60. The standard InChI is InChI=1S/C17H17IN2O2/c1-11(2)19-17(22)14-8-3-4-9-15(14)20-16(21)12-6-5-7-13(18)10-12/h3-11H,1-2H3,(H,19,22)(H,20,21). The molecule has 2 rings (SSSR count). The van der Waals surface area contributed by atoms with Crippen LogP contribution in [-0.4, -0.2) is 17.9 Å². The van der Waals surface area contributed by atoms with Crippen LogP contribution in [0.25, 0.3) is 0 Å². The summed E-state index contributed by atoms with van der Waals surface area (Å²) in [6.07, 6.45) is 0. The summed E-state index contributed by atoms with van der Waals surface area (Å²) in [5.41, 5.74) is 1.52. The van der Waals surface area contributed by atoms with E-state index in [1.807, 2.05) is 26.0 Å². The molecule has 0 unspecified atom stereocenters. The van der Waals surface area contributed by atoms with Crippen molar-refractivity contribution in [3.05, 3.63) is 63.2 Å². The van der Waals surface area contributed by atoms with E-state index in [4.69, 9.17) is 0 Å². The van der Waals surface area contributed by atoms with E-state index in [9.17, 15) is 9.59 Å². The smallest absolute Gasteiger partial charge is 0.255 e. The summed E-state index contributed by atoms with van der Waals surface area (Å²) in [6.45, 7) is 3.79. The molecule has 114 valence electrons. The molecule has 2 amide bonds. The number of carbonyl (C=O) groups excluding carboxylic acids is 2. The molecule has 0 fully saturated rings. The number of hydrogen-bond donors (Lipinski definition) is 2. The topological polar surface area (TPSA) is 58.2 Å². The number of anilines is 1. The highest BCUT2D eigenvalue weighted by molar-refractivity contribution is 14.1. The monoisotopic (exact) mass is 408 g/mol. The predicted octanol–water partition coefficient (Wildman–Crippen LogP) is 3.68. The third kappa shape index (κ3) is 4.30. The number of amides is 2. The van der Waals surface area contributed by atoms with Crippen molar-refractivity contribution in [2.75, 3.05) is 5.32 Å². The highest BCUT2D eigenvalue weighted by Crippen LogP contribution is 2.17. The van der Waals surface area contributed by atoms with E-state index in [-0.39, 0.29) is 17.9 Å². The van der Waals surface area contributed by atoms with Crippen LogP contribution in [0.15, 0.2) is 48.5 Å². The lowest BCUT2D eigenvalue weighted by atomic mass is 10.1. The Kier molecular flexibility index (Phi) is 5.54. The van der Waals surface area contributed by atoms with Crippen LogP contribution < -0.4 is 10.6 Å². The van der Waals surface area contributed by atoms with Gasteiger partial charge in [-0.3, -0.25) is 9.59 Å². The van der Waals surface area contributed by atoms with Gasteiger partial charge in [0.2, 0.25) is 0 Å². The summed E-state index contributed by atoms with van der Waals surface area (Å²) < 4.78 is 0.982. The maximum atomic E-state index is 12.3. The first-order chi connectivity index (χ1) is 10.5. The fourth-order valence-corrected chi connectivity index (χ4v) is 2.50. The lowest BCUT2D eigenvalue weighted by Gasteiger charge is -2.13. The van der Waals surface area contributed by atoms with Crippen LogP contribution in [-0.2, 0) is 0 Å². The molecule has 0 heterocycles. The summed E-state index contributed by atoms with van der Waals surface area (Å²) in [4.78, 5) is 24.5. The van der Waals surface area contributed by atoms with E-state index in [0.717, 1.165) is 3.57 Å². The first-order valence-corrected chi connectivity index (χ1v) is 8.02. The molecule has 5 heteroatoms. The Balaban J connectivity index is 2.23. The second-order valence-electron chi connectivity index (χ2n) is 5.14. The minimum Gasteiger partial charge on any atom is -0.350 e. The fraction of sp³-hybridized carbons (Fsp3) is 0.176. The van der Waals surface area contributed by atoms with Crippen molar-refractivity contribution in [2.45, 2.75) is 19.9 Å². The number of nitrogens with one attached hydrogen (secondary N) is 2. The van der Waals surface area contributed by atoms with E-state index < -0.39 is 0 Å². The molecule has 0 aliphatic rings. The molecule has 0 spiro atoms. The zero-order valence-electron chi connectivity index (χ0n) is 12.4. The van der Waals surface area contributed by atoms with Crippen molar-refractivity contribution in [3.8, 4) is 0 Å². The molecule has 0 saturated heterocycles. The van der Waals surface area contributed by atoms with Crippen LogP contribution in [0.2, 0.25) is 0 Å². The van der Waals surface area contributed by atoms with Gasteiger partial charge in [0.1, 0.15) is 0 Å². The van der Waals surface area contributed by atoms with Gasteiger partial charge in [-0.2, -0.15) is 0 Å². The first kappa shape index (κ1) is 16.5.